The number of benzene rings is 1. The minimum absolute atomic E-state index is 0.317. The molecular weight excluding hydrogens is 254 g/mol. The van der Waals surface area contributed by atoms with E-state index in [0.717, 1.165) is 0 Å². The van der Waals surface area contributed by atoms with Gasteiger partial charge in [0.15, 0.2) is 0 Å². The van der Waals surface area contributed by atoms with E-state index in [0.29, 0.717) is 10.7 Å². The van der Waals surface area contributed by atoms with Gasteiger partial charge in [0.2, 0.25) is 10.0 Å². The van der Waals surface area contributed by atoms with Crippen LogP contribution < -0.4 is 4.72 Å². The number of nitrogens with one attached hydrogen (secondary N) is 1. The maximum atomic E-state index is 11.4. The second-order valence-corrected chi connectivity index (χ2v) is 5.35. The Morgan fingerprint density at radius 3 is 2.69 bits per heavy atom. The third-order valence-corrected chi connectivity index (χ3v) is 3.21. The quantitative estimate of drug-likeness (QED) is 0.844. The van der Waals surface area contributed by atoms with E-state index in [1.807, 2.05) is 0 Å². The predicted molar refractivity (Wildman–Crippen MR) is 61.1 cm³/mol. The van der Waals surface area contributed by atoms with Crippen LogP contribution in [0.15, 0.2) is 24.3 Å². The number of carbonyl (C=O) groups is 1. The zero-order valence-corrected chi connectivity index (χ0v) is 9.75. The van der Waals surface area contributed by atoms with Crippen molar-refractivity contribution in [3.05, 3.63) is 29.3 Å². The third-order valence-electron chi connectivity index (χ3n) is 1.68. The molecule has 0 aliphatic heterocycles. The van der Waals surface area contributed by atoms with Crippen molar-refractivity contribution in [1.82, 2.24) is 0 Å². The van der Waals surface area contributed by atoms with Crippen molar-refractivity contribution in [1.29, 1.82) is 0 Å². The van der Waals surface area contributed by atoms with Gasteiger partial charge in [0.1, 0.15) is 0 Å². The fourth-order valence-corrected chi connectivity index (χ4v) is 2.23. The van der Waals surface area contributed by atoms with E-state index < -0.39 is 28.2 Å². The van der Waals surface area contributed by atoms with Crippen molar-refractivity contribution in [2.45, 2.75) is 6.42 Å². The summed E-state index contributed by atoms with van der Waals surface area (Å²) in [5.41, 5.74) is 0.317. The molecule has 0 aliphatic carbocycles. The molecule has 0 unspecified atom stereocenters. The lowest BCUT2D eigenvalue weighted by Crippen LogP contribution is -2.18. The zero-order chi connectivity index (χ0) is 12.2. The Hall–Kier alpha value is -1.27. The summed E-state index contributed by atoms with van der Waals surface area (Å²) in [6.45, 7) is 0. The normalized spacial score (nSPS) is 11.1. The highest BCUT2D eigenvalue weighted by molar-refractivity contribution is 7.92. The van der Waals surface area contributed by atoms with E-state index in [9.17, 15) is 13.2 Å². The highest BCUT2D eigenvalue weighted by atomic mass is 35.5. The molecule has 1 rings (SSSR count). The van der Waals surface area contributed by atoms with E-state index in [-0.39, 0.29) is 0 Å². The molecule has 0 saturated heterocycles. The van der Waals surface area contributed by atoms with Gasteiger partial charge in [0.05, 0.1) is 12.2 Å². The summed E-state index contributed by atoms with van der Waals surface area (Å²) < 4.78 is 25.0. The lowest BCUT2D eigenvalue weighted by Gasteiger charge is -2.06. The molecule has 0 heterocycles. The van der Waals surface area contributed by atoms with Crippen molar-refractivity contribution < 1.29 is 18.3 Å². The van der Waals surface area contributed by atoms with Gasteiger partial charge in [-0.25, -0.2) is 8.42 Å². The second-order valence-electron chi connectivity index (χ2n) is 3.08. The fourth-order valence-electron chi connectivity index (χ4n) is 1.00. The lowest BCUT2D eigenvalue weighted by molar-refractivity contribution is -0.136. The molecule has 0 bridgehead atoms. The van der Waals surface area contributed by atoms with Crippen LogP contribution in [-0.2, 0) is 14.8 Å². The molecule has 0 aromatic heterocycles. The maximum absolute atomic E-state index is 11.4. The van der Waals surface area contributed by atoms with Crippen LogP contribution in [0.3, 0.4) is 0 Å². The molecule has 88 valence electrons. The first kappa shape index (κ1) is 12.8. The number of anilines is 1. The van der Waals surface area contributed by atoms with Crippen LogP contribution in [-0.4, -0.2) is 25.2 Å². The number of carboxylic acids is 1. The van der Waals surface area contributed by atoms with Crippen LogP contribution in [0.2, 0.25) is 5.02 Å². The summed E-state index contributed by atoms with van der Waals surface area (Å²) in [6.07, 6.45) is -0.435. The number of sulfonamides is 1. The Bertz CT molecular complexity index is 486. The van der Waals surface area contributed by atoms with Crippen LogP contribution in [0.5, 0.6) is 0 Å². The molecule has 0 fully saturated rings. The van der Waals surface area contributed by atoms with E-state index in [1.165, 1.54) is 12.1 Å². The zero-order valence-electron chi connectivity index (χ0n) is 8.18. The number of carboxylic acid groups (broad SMARTS) is 1. The van der Waals surface area contributed by atoms with Crippen molar-refractivity contribution >= 4 is 33.3 Å². The van der Waals surface area contributed by atoms with E-state index in [1.54, 1.807) is 12.1 Å². The molecule has 1 aromatic carbocycles. The first-order valence-corrected chi connectivity index (χ1v) is 6.40. The molecule has 16 heavy (non-hydrogen) atoms. The molecule has 5 nitrogen and oxygen atoms in total. The molecule has 0 saturated carbocycles. The average molecular weight is 264 g/mol. The monoisotopic (exact) mass is 263 g/mol. The Labute approximate surface area is 98.1 Å². The van der Waals surface area contributed by atoms with Crippen LogP contribution in [0.4, 0.5) is 5.69 Å². The van der Waals surface area contributed by atoms with Crippen molar-refractivity contribution in [3.63, 3.8) is 0 Å². The highest BCUT2D eigenvalue weighted by Crippen LogP contribution is 2.16. The molecule has 1 aromatic rings. The molecular formula is C9H10ClNO4S. The lowest BCUT2D eigenvalue weighted by atomic mass is 10.3. The number of aliphatic carboxylic acids is 1. The van der Waals surface area contributed by atoms with E-state index in [2.05, 4.69) is 4.72 Å². The van der Waals surface area contributed by atoms with Gasteiger partial charge in [-0.2, -0.15) is 0 Å². The molecule has 0 atom stereocenters. The molecule has 7 heteroatoms. The third kappa shape index (κ3) is 4.50. The topological polar surface area (TPSA) is 83.5 Å². The second kappa shape index (κ2) is 5.18. The van der Waals surface area contributed by atoms with Crippen molar-refractivity contribution in [2.24, 2.45) is 0 Å². The fraction of sp³-hybridized carbons (Fsp3) is 0.222. The SMILES string of the molecule is O=C(O)CCS(=O)(=O)Nc1cccc(Cl)c1. The van der Waals surface area contributed by atoms with E-state index >= 15 is 0 Å². The summed E-state index contributed by atoms with van der Waals surface area (Å²) >= 11 is 5.67. The Balaban J connectivity index is 2.69. The number of hydrogen-bond donors (Lipinski definition) is 2. The van der Waals surface area contributed by atoms with Crippen molar-refractivity contribution in [3.8, 4) is 0 Å². The van der Waals surface area contributed by atoms with Gasteiger partial charge in [0.25, 0.3) is 0 Å². The van der Waals surface area contributed by atoms with Crippen molar-refractivity contribution in [2.75, 3.05) is 10.5 Å². The summed E-state index contributed by atoms with van der Waals surface area (Å²) in [4.78, 5) is 10.2. The van der Waals surface area contributed by atoms with Crippen LogP contribution in [0, 0.1) is 0 Å². The molecule has 0 aliphatic rings. The Kier molecular flexibility index (Phi) is 4.14. The Morgan fingerprint density at radius 1 is 1.44 bits per heavy atom. The minimum Gasteiger partial charge on any atom is -0.481 e. The molecule has 0 radical (unpaired) electrons. The van der Waals surface area contributed by atoms with Gasteiger partial charge in [-0.1, -0.05) is 17.7 Å². The van der Waals surface area contributed by atoms with Crippen LogP contribution in [0.1, 0.15) is 6.42 Å². The van der Waals surface area contributed by atoms with Gasteiger partial charge in [-0.05, 0) is 18.2 Å². The van der Waals surface area contributed by atoms with E-state index in [4.69, 9.17) is 16.7 Å². The Morgan fingerprint density at radius 2 is 2.12 bits per heavy atom. The molecule has 0 amide bonds. The van der Waals surface area contributed by atoms with Gasteiger partial charge in [-0.15, -0.1) is 0 Å². The largest absolute Gasteiger partial charge is 0.481 e. The van der Waals surface area contributed by atoms with Crippen LogP contribution >= 0.6 is 11.6 Å². The first-order chi connectivity index (χ1) is 7.39. The first-order valence-electron chi connectivity index (χ1n) is 4.37. The number of rotatable bonds is 5. The summed E-state index contributed by atoms with van der Waals surface area (Å²) in [5, 5.41) is 8.78. The maximum Gasteiger partial charge on any atom is 0.304 e. The number of hydrogen-bond acceptors (Lipinski definition) is 3. The van der Waals surface area contributed by atoms with Gasteiger partial charge < -0.3 is 5.11 Å². The summed E-state index contributed by atoms with van der Waals surface area (Å²) in [7, 11) is -3.64. The summed E-state index contributed by atoms with van der Waals surface area (Å²) in [5.74, 6) is -1.62. The minimum atomic E-state index is -3.64. The smallest absolute Gasteiger partial charge is 0.304 e. The highest BCUT2D eigenvalue weighted by Gasteiger charge is 2.12. The van der Waals surface area contributed by atoms with Gasteiger partial charge >= 0.3 is 5.97 Å². The van der Waals surface area contributed by atoms with Gasteiger partial charge in [0, 0.05) is 10.7 Å². The van der Waals surface area contributed by atoms with Gasteiger partial charge in [-0.3, -0.25) is 9.52 Å². The number of halogens is 1. The van der Waals surface area contributed by atoms with Crippen LogP contribution in [0.25, 0.3) is 0 Å². The molecule has 2 N–H and O–H groups in total. The standard InChI is InChI=1S/C9H10ClNO4S/c10-7-2-1-3-8(6-7)11-16(14,15)5-4-9(12)13/h1-3,6,11H,4-5H2,(H,12,13). The average Bonchev–Trinajstić information content (AvgIpc) is 2.14. The molecule has 0 spiro atoms. The predicted octanol–water partition coefficient (Wildman–Crippen LogP) is 1.56. The summed E-state index contributed by atoms with van der Waals surface area (Å²) in [6, 6.07) is 6.18.